The third kappa shape index (κ3) is 1.45. The molecule has 4 heterocycles. The molecule has 25 heavy (non-hydrogen) atoms. The molecule has 0 amide bonds. The zero-order valence-corrected chi connectivity index (χ0v) is 14.4. The van der Waals surface area contributed by atoms with E-state index in [4.69, 9.17) is 18.9 Å². The summed E-state index contributed by atoms with van der Waals surface area (Å²) in [6.45, 7) is 2.91. The summed E-state index contributed by atoms with van der Waals surface area (Å²) in [4.78, 5) is 2.26. The molecule has 3 fully saturated rings. The third-order valence-electron chi connectivity index (χ3n) is 7.22. The maximum atomic E-state index is 11.9. The molecule has 6 heteroatoms. The van der Waals surface area contributed by atoms with Crippen LogP contribution in [-0.4, -0.2) is 61.0 Å². The Bertz CT molecular complexity index is 760. The van der Waals surface area contributed by atoms with Crippen LogP contribution in [0, 0.1) is 0 Å². The number of hydrogen-bond donors (Lipinski definition) is 1. The van der Waals surface area contributed by atoms with Gasteiger partial charge in [0.25, 0.3) is 0 Å². The number of hydrogen-bond acceptors (Lipinski definition) is 6. The summed E-state index contributed by atoms with van der Waals surface area (Å²) in [6.07, 6.45) is 2.73. The lowest BCUT2D eigenvalue weighted by Gasteiger charge is -2.53. The average Bonchev–Trinajstić information content (AvgIpc) is 3.27. The summed E-state index contributed by atoms with van der Waals surface area (Å²) < 4.78 is 24.4. The molecule has 2 saturated heterocycles. The first kappa shape index (κ1) is 14.8. The van der Waals surface area contributed by atoms with E-state index in [1.54, 1.807) is 7.11 Å². The summed E-state index contributed by atoms with van der Waals surface area (Å²) in [7, 11) is 1.67. The van der Waals surface area contributed by atoms with Gasteiger partial charge in [-0.1, -0.05) is 6.07 Å². The Kier molecular flexibility index (Phi) is 2.66. The molecular formula is C19H23NO5. The van der Waals surface area contributed by atoms with Crippen LogP contribution in [0.25, 0.3) is 0 Å². The molecule has 6 rings (SSSR count). The van der Waals surface area contributed by atoms with E-state index >= 15 is 0 Å². The zero-order chi connectivity index (χ0) is 16.9. The van der Waals surface area contributed by atoms with E-state index < -0.39 is 16.9 Å². The highest BCUT2D eigenvalue weighted by molar-refractivity contribution is 5.61. The summed E-state index contributed by atoms with van der Waals surface area (Å²) >= 11 is 0. The van der Waals surface area contributed by atoms with E-state index in [2.05, 4.69) is 11.0 Å². The highest BCUT2D eigenvalue weighted by atomic mass is 16.8. The van der Waals surface area contributed by atoms with Crippen LogP contribution >= 0.6 is 0 Å². The van der Waals surface area contributed by atoms with Crippen LogP contribution in [0.4, 0.5) is 0 Å². The number of fused-ring (bicyclic) bond motifs is 1. The Morgan fingerprint density at radius 3 is 2.80 bits per heavy atom. The normalized spacial score (nSPS) is 42.2. The summed E-state index contributed by atoms with van der Waals surface area (Å²) in [5, 5.41) is 11.9. The van der Waals surface area contributed by atoms with Crippen LogP contribution in [0.1, 0.15) is 30.4 Å². The fourth-order valence-electron chi connectivity index (χ4n) is 6.22. The van der Waals surface area contributed by atoms with E-state index in [1.807, 2.05) is 6.07 Å². The van der Waals surface area contributed by atoms with Gasteiger partial charge in [0.2, 0.25) is 5.79 Å². The van der Waals surface area contributed by atoms with Crippen LogP contribution in [0.3, 0.4) is 0 Å². The number of rotatable bonds is 1. The van der Waals surface area contributed by atoms with Crippen LogP contribution in [0.2, 0.25) is 0 Å². The van der Waals surface area contributed by atoms with Crippen LogP contribution < -0.4 is 9.47 Å². The quantitative estimate of drug-likeness (QED) is 0.825. The molecule has 1 aromatic rings. The predicted molar refractivity (Wildman–Crippen MR) is 87.8 cm³/mol. The predicted octanol–water partition coefficient (Wildman–Crippen LogP) is 1.18. The van der Waals surface area contributed by atoms with Gasteiger partial charge in [0.1, 0.15) is 5.72 Å². The van der Waals surface area contributed by atoms with E-state index in [1.165, 1.54) is 5.56 Å². The second-order valence-corrected chi connectivity index (χ2v) is 7.91. The minimum absolute atomic E-state index is 0.339. The van der Waals surface area contributed by atoms with Crippen molar-refractivity contribution in [2.24, 2.45) is 0 Å². The molecule has 1 aliphatic carbocycles. The molecule has 6 nitrogen and oxygen atoms in total. The van der Waals surface area contributed by atoms with Crippen molar-refractivity contribution in [3.63, 3.8) is 0 Å². The molecule has 1 saturated carbocycles. The molecule has 0 aromatic heterocycles. The number of ether oxygens (including phenoxy) is 4. The molecular weight excluding hydrogens is 322 g/mol. The monoisotopic (exact) mass is 345 g/mol. The summed E-state index contributed by atoms with van der Waals surface area (Å²) in [5.74, 6) is 0.763. The maximum absolute atomic E-state index is 11.9. The molecule has 4 atom stereocenters. The number of nitrogens with zero attached hydrogens (tertiary/aromatic N) is 1. The average molecular weight is 345 g/mol. The van der Waals surface area contributed by atoms with E-state index in [0.29, 0.717) is 26.1 Å². The van der Waals surface area contributed by atoms with Gasteiger partial charge in [0.15, 0.2) is 17.6 Å². The molecule has 4 aliphatic heterocycles. The van der Waals surface area contributed by atoms with Gasteiger partial charge in [-0.15, -0.1) is 0 Å². The lowest BCUT2D eigenvalue weighted by atomic mass is 9.60. The maximum Gasteiger partial charge on any atom is 0.207 e. The van der Waals surface area contributed by atoms with Crippen molar-refractivity contribution in [1.82, 2.24) is 4.90 Å². The zero-order valence-electron chi connectivity index (χ0n) is 14.4. The van der Waals surface area contributed by atoms with Crippen LogP contribution in [-0.2, 0) is 21.3 Å². The van der Waals surface area contributed by atoms with Crippen LogP contribution in [0.5, 0.6) is 11.5 Å². The lowest BCUT2D eigenvalue weighted by molar-refractivity contribution is -0.287. The number of methoxy groups -OCH3 is 1. The van der Waals surface area contributed by atoms with Gasteiger partial charge in [-0.2, -0.15) is 0 Å². The van der Waals surface area contributed by atoms with E-state index in [-0.39, 0.29) is 6.10 Å². The topological polar surface area (TPSA) is 60.4 Å². The second-order valence-electron chi connectivity index (χ2n) is 7.91. The van der Waals surface area contributed by atoms with Gasteiger partial charge < -0.3 is 24.1 Å². The highest BCUT2D eigenvalue weighted by Gasteiger charge is 2.76. The molecule has 134 valence electrons. The first-order chi connectivity index (χ1) is 12.1. The minimum atomic E-state index is -0.902. The van der Waals surface area contributed by atoms with Gasteiger partial charge in [0, 0.05) is 25.1 Å². The molecule has 5 aliphatic rings. The van der Waals surface area contributed by atoms with Crippen LogP contribution in [0.15, 0.2) is 12.1 Å². The molecule has 1 aromatic carbocycles. The first-order valence-electron chi connectivity index (χ1n) is 9.27. The van der Waals surface area contributed by atoms with Gasteiger partial charge in [-0.05, 0) is 30.9 Å². The SMILES string of the molecule is COc1ccc2c3c1O[C@H]1C4(CC[C@]5(O)N(CC2)CC[C@]315)OCCO4. The van der Waals surface area contributed by atoms with Crippen molar-refractivity contribution in [1.29, 1.82) is 0 Å². The fraction of sp³-hybridized carbons (Fsp3) is 0.684. The summed E-state index contributed by atoms with van der Waals surface area (Å²) in [6, 6.07) is 4.12. The Balaban J connectivity index is 1.66. The largest absolute Gasteiger partial charge is 0.493 e. The van der Waals surface area contributed by atoms with Crippen molar-refractivity contribution >= 4 is 0 Å². The fourth-order valence-corrected chi connectivity index (χ4v) is 6.22. The Hall–Kier alpha value is -1.34. The lowest BCUT2D eigenvalue weighted by Crippen LogP contribution is -2.70. The standard InChI is InChI=1S/C19H23NO5/c1-22-13-3-2-12-4-8-20-9-7-17-14(12)15(13)25-16(17)18(23-10-11-24-18)5-6-19(17,20)21/h2-3,16,21H,4-11H2,1H3/t16-,17+,19-/m1/s1. The summed E-state index contributed by atoms with van der Waals surface area (Å²) in [5.41, 5.74) is 0.985. The molecule has 2 spiro atoms. The number of benzene rings is 1. The highest BCUT2D eigenvalue weighted by Crippen LogP contribution is 2.67. The van der Waals surface area contributed by atoms with Crippen molar-refractivity contribution in [2.45, 2.75) is 48.7 Å². The molecule has 0 radical (unpaired) electrons. The minimum Gasteiger partial charge on any atom is -0.493 e. The Morgan fingerprint density at radius 1 is 1.16 bits per heavy atom. The van der Waals surface area contributed by atoms with Crippen molar-refractivity contribution < 1.29 is 24.1 Å². The molecule has 2 bridgehead atoms. The van der Waals surface area contributed by atoms with Crippen molar-refractivity contribution in [3.8, 4) is 11.5 Å². The Labute approximate surface area is 146 Å². The molecule has 1 unspecified atom stereocenters. The van der Waals surface area contributed by atoms with Gasteiger partial charge in [-0.3, -0.25) is 4.90 Å². The number of aliphatic hydroxyl groups is 1. The van der Waals surface area contributed by atoms with Gasteiger partial charge in [0.05, 0.1) is 25.7 Å². The molecule has 1 N–H and O–H groups in total. The van der Waals surface area contributed by atoms with Gasteiger partial charge in [-0.25, -0.2) is 0 Å². The van der Waals surface area contributed by atoms with E-state index in [0.717, 1.165) is 43.0 Å². The van der Waals surface area contributed by atoms with Crippen molar-refractivity contribution in [3.05, 3.63) is 23.3 Å². The van der Waals surface area contributed by atoms with Crippen molar-refractivity contribution in [2.75, 3.05) is 33.4 Å². The third-order valence-corrected chi connectivity index (χ3v) is 7.22. The Morgan fingerprint density at radius 2 is 2.00 bits per heavy atom. The smallest absolute Gasteiger partial charge is 0.207 e. The first-order valence-corrected chi connectivity index (χ1v) is 9.27. The van der Waals surface area contributed by atoms with Gasteiger partial charge >= 0.3 is 0 Å². The van der Waals surface area contributed by atoms with E-state index in [9.17, 15) is 5.11 Å². The second kappa shape index (κ2) is 4.49.